The fourth-order valence-electron chi connectivity index (χ4n) is 4.91. The van der Waals surface area contributed by atoms with Gasteiger partial charge in [-0.15, -0.1) is 0 Å². The van der Waals surface area contributed by atoms with E-state index in [-0.39, 0.29) is 24.2 Å². The molecular formula is C34H32F2N4O3. The molecule has 0 aliphatic heterocycles. The highest BCUT2D eigenvalue weighted by Crippen LogP contribution is 2.26. The van der Waals surface area contributed by atoms with E-state index in [4.69, 9.17) is 4.74 Å². The van der Waals surface area contributed by atoms with Crippen LogP contribution in [0, 0.1) is 18.6 Å². The predicted molar refractivity (Wildman–Crippen MR) is 163 cm³/mol. The molecule has 0 N–H and O–H groups in total. The van der Waals surface area contributed by atoms with E-state index in [2.05, 4.69) is 4.98 Å². The topological polar surface area (TPSA) is 69.4 Å². The lowest BCUT2D eigenvalue weighted by molar-refractivity contribution is 0.315. The van der Waals surface area contributed by atoms with E-state index >= 15 is 0 Å². The quantitative estimate of drug-likeness (QED) is 0.201. The number of halogens is 2. The molecule has 0 saturated heterocycles. The Balaban J connectivity index is 1.49. The van der Waals surface area contributed by atoms with Crippen molar-refractivity contribution in [2.24, 2.45) is 0 Å². The van der Waals surface area contributed by atoms with Gasteiger partial charge < -0.3 is 9.64 Å². The zero-order valence-electron chi connectivity index (χ0n) is 24.0. The molecule has 0 bridgehead atoms. The molecule has 7 nitrogen and oxygen atoms in total. The first-order valence-electron chi connectivity index (χ1n) is 14.0. The molecule has 2 heterocycles. The summed E-state index contributed by atoms with van der Waals surface area (Å²) in [5.74, 6) is -0.282. The summed E-state index contributed by atoms with van der Waals surface area (Å²) in [6.07, 6.45) is 2.45. The van der Waals surface area contributed by atoms with Crippen LogP contribution in [0.25, 0.3) is 11.1 Å². The number of pyridine rings is 1. The summed E-state index contributed by atoms with van der Waals surface area (Å²) in [6.45, 7) is 2.43. The van der Waals surface area contributed by atoms with E-state index in [9.17, 15) is 18.4 Å². The normalized spacial score (nSPS) is 11.2. The van der Waals surface area contributed by atoms with Crippen molar-refractivity contribution in [3.8, 4) is 22.6 Å². The van der Waals surface area contributed by atoms with Crippen LogP contribution in [0.4, 0.5) is 8.78 Å². The van der Waals surface area contributed by atoms with Crippen molar-refractivity contribution in [1.29, 1.82) is 0 Å². The Hall–Kier alpha value is -4.89. The summed E-state index contributed by atoms with van der Waals surface area (Å²) in [7, 11) is 1.90. The molecular weight excluding hydrogens is 550 g/mol. The van der Waals surface area contributed by atoms with Gasteiger partial charge in [0, 0.05) is 49.2 Å². The fraction of sp³-hybridized carbons (Fsp3) is 0.206. The number of rotatable bonds is 11. The molecule has 9 heteroatoms. The van der Waals surface area contributed by atoms with Crippen LogP contribution in [0.3, 0.4) is 0 Å². The number of likely N-dealkylation sites (N-methyl/N-ethyl adjacent to an activating group) is 1. The first-order valence-corrected chi connectivity index (χ1v) is 14.0. The summed E-state index contributed by atoms with van der Waals surface area (Å²) in [5, 5.41) is 0. The molecule has 0 saturated carbocycles. The van der Waals surface area contributed by atoms with Gasteiger partial charge in [-0.05, 0) is 68.1 Å². The van der Waals surface area contributed by atoms with Gasteiger partial charge >= 0.3 is 5.69 Å². The minimum absolute atomic E-state index is 0.0959. The molecule has 0 spiro atoms. The standard InChI is InChI=1S/C34H32F2N4O3/c1-24-32(25-14-16-28(17-15-25)43-27-10-4-3-5-11-27)33(41)39(22-21-38(2)20-18-26-9-6-7-19-37-26)34(42)40(24)23-29-30(35)12-8-13-31(29)36/h3-17,19H,18,20-23H2,1-2H3. The van der Waals surface area contributed by atoms with Crippen molar-refractivity contribution < 1.29 is 13.5 Å². The fourth-order valence-corrected chi connectivity index (χ4v) is 4.91. The average molecular weight is 583 g/mol. The molecule has 0 aliphatic carbocycles. The van der Waals surface area contributed by atoms with E-state index in [1.807, 2.05) is 60.5 Å². The molecule has 3 aromatic carbocycles. The third kappa shape index (κ3) is 6.95. The highest BCUT2D eigenvalue weighted by Gasteiger charge is 2.20. The summed E-state index contributed by atoms with van der Waals surface area (Å²) >= 11 is 0. The number of hydrogen-bond acceptors (Lipinski definition) is 5. The largest absolute Gasteiger partial charge is 0.457 e. The predicted octanol–water partition coefficient (Wildman–Crippen LogP) is 5.67. The molecule has 0 aliphatic rings. The second-order valence-electron chi connectivity index (χ2n) is 10.3. The van der Waals surface area contributed by atoms with Crippen LogP contribution < -0.4 is 16.0 Å². The maximum Gasteiger partial charge on any atom is 0.331 e. The number of para-hydroxylation sites is 1. The summed E-state index contributed by atoms with van der Waals surface area (Å²) in [6, 6.07) is 25.6. The van der Waals surface area contributed by atoms with Crippen LogP contribution in [-0.4, -0.2) is 39.2 Å². The van der Waals surface area contributed by atoms with Gasteiger partial charge in [-0.25, -0.2) is 13.6 Å². The lowest BCUT2D eigenvalue weighted by atomic mass is 10.0. The van der Waals surface area contributed by atoms with Crippen LogP contribution in [0.5, 0.6) is 11.5 Å². The second kappa shape index (κ2) is 13.4. The van der Waals surface area contributed by atoms with Crippen molar-refractivity contribution in [3.05, 3.63) is 147 Å². The Kier molecular flexibility index (Phi) is 9.22. The van der Waals surface area contributed by atoms with Gasteiger partial charge in [-0.3, -0.25) is 18.9 Å². The molecule has 5 aromatic rings. The minimum atomic E-state index is -0.762. The smallest absolute Gasteiger partial charge is 0.331 e. The van der Waals surface area contributed by atoms with E-state index in [0.29, 0.717) is 42.3 Å². The van der Waals surface area contributed by atoms with Gasteiger partial charge in [0.2, 0.25) is 0 Å². The van der Waals surface area contributed by atoms with Gasteiger partial charge in [0.05, 0.1) is 12.1 Å². The Morgan fingerprint density at radius 1 is 0.791 bits per heavy atom. The molecule has 5 rings (SSSR count). The monoisotopic (exact) mass is 582 g/mol. The van der Waals surface area contributed by atoms with Gasteiger partial charge in [0.1, 0.15) is 23.1 Å². The maximum atomic E-state index is 14.7. The first-order chi connectivity index (χ1) is 20.8. The zero-order valence-corrected chi connectivity index (χ0v) is 24.0. The van der Waals surface area contributed by atoms with Gasteiger partial charge in [0.25, 0.3) is 5.56 Å². The van der Waals surface area contributed by atoms with Crippen molar-refractivity contribution >= 4 is 0 Å². The Labute approximate surface area is 248 Å². The van der Waals surface area contributed by atoms with Crippen LogP contribution in [0.2, 0.25) is 0 Å². The summed E-state index contributed by atoms with van der Waals surface area (Å²) in [4.78, 5) is 33.9. The van der Waals surface area contributed by atoms with Gasteiger partial charge in [-0.1, -0.05) is 42.5 Å². The Morgan fingerprint density at radius 2 is 1.47 bits per heavy atom. The summed E-state index contributed by atoms with van der Waals surface area (Å²) < 4.78 is 37.6. The molecule has 0 atom stereocenters. The van der Waals surface area contributed by atoms with E-state index in [1.54, 1.807) is 37.4 Å². The number of nitrogens with zero attached hydrogens (tertiary/aromatic N) is 4. The molecule has 0 radical (unpaired) electrons. The Bertz CT molecular complexity index is 1780. The molecule has 43 heavy (non-hydrogen) atoms. The minimum Gasteiger partial charge on any atom is -0.457 e. The molecule has 220 valence electrons. The number of hydrogen-bond donors (Lipinski definition) is 0. The van der Waals surface area contributed by atoms with Gasteiger partial charge in [-0.2, -0.15) is 0 Å². The second-order valence-corrected chi connectivity index (χ2v) is 10.3. The molecule has 2 aromatic heterocycles. The molecule has 0 unspecified atom stereocenters. The first kappa shape index (κ1) is 29.6. The lowest BCUT2D eigenvalue weighted by Crippen LogP contribution is -2.44. The zero-order chi connectivity index (χ0) is 30.3. The third-order valence-electron chi connectivity index (χ3n) is 7.37. The molecule has 0 fully saturated rings. The highest BCUT2D eigenvalue weighted by atomic mass is 19.1. The lowest BCUT2D eigenvalue weighted by Gasteiger charge is -2.20. The van der Waals surface area contributed by atoms with Crippen molar-refractivity contribution in [3.63, 3.8) is 0 Å². The average Bonchev–Trinajstić information content (AvgIpc) is 3.01. The molecule has 0 amide bonds. The van der Waals surface area contributed by atoms with Crippen LogP contribution in [0.1, 0.15) is 17.0 Å². The Morgan fingerprint density at radius 3 is 2.14 bits per heavy atom. The summed E-state index contributed by atoms with van der Waals surface area (Å²) in [5.41, 5.74) is 0.746. The van der Waals surface area contributed by atoms with E-state index in [1.165, 1.54) is 10.6 Å². The number of aromatic nitrogens is 3. The van der Waals surface area contributed by atoms with E-state index < -0.39 is 22.9 Å². The van der Waals surface area contributed by atoms with Crippen molar-refractivity contribution in [1.82, 2.24) is 19.0 Å². The van der Waals surface area contributed by atoms with Crippen LogP contribution in [-0.2, 0) is 19.5 Å². The number of ether oxygens (including phenoxy) is 1. The van der Waals surface area contributed by atoms with Crippen LogP contribution in [0.15, 0.2) is 107 Å². The maximum absolute atomic E-state index is 14.7. The van der Waals surface area contributed by atoms with Crippen LogP contribution >= 0.6 is 0 Å². The third-order valence-corrected chi connectivity index (χ3v) is 7.37. The SMILES string of the molecule is Cc1c(-c2ccc(Oc3ccccc3)cc2)c(=O)n(CCN(C)CCc2ccccn2)c(=O)n1Cc1c(F)cccc1F. The van der Waals surface area contributed by atoms with E-state index in [0.717, 1.165) is 22.4 Å². The van der Waals surface area contributed by atoms with Gasteiger partial charge in [0.15, 0.2) is 0 Å². The van der Waals surface area contributed by atoms with Crippen molar-refractivity contribution in [2.45, 2.75) is 26.4 Å². The number of benzene rings is 3. The highest BCUT2D eigenvalue weighted by molar-refractivity contribution is 5.65. The van der Waals surface area contributed by atoms with Crippen molar-refractivity contribution in [2.75, 3.05) is 20.1 Å².